The monoisotopic (exact) mass is 450 g/mol. The third-order valence-electron chi connectivity index (χ3n) is 5.83. The molecule has 1 aromatic carbocycles. The van der Waals surface area contributed by atoms with E-state index < -0.39 is 11.6 Å². The molecule has 0 atom stereocenters. The molecule has 3 aromatic rings. The average molecular weight is 451 g/mol. The second-order valence-electron chi connectivity index (χ2n) is 7.90. The van der Waals surface area contributed by atoms with Crippen LogP contribution in [0.3, 0.4) is 0 Å². The van der Waals surface area contributed by atoms with Crippen LogP contribution < -0.4 is 5.32 Å². The zero-order valence-corrected chi connectivity index (χ0v) is 18.0. The van der Waals surface area contributed by atoms with Crippen molar-refractivity contribution in [3.63, 3.8) is 0 Å². The van der Waals surface area contributed by atoms with Crippen LogP contribution >= 0.6 is 11.6 Å². The Morgan fingerprint density at radius 1 is 1.19 bits per heavy atom. The van der Waals surface area contributed by atoms with Gasteiger partial charge >= 0.3 is 0 Å². The smallest absolute Gasteiger partial charge is 0.228 e. The molecule has 2 aromatic heterocycles. The molecule has 1 saturated carbocycles. The predicted octanol–water partition coefficient (Wildman–Crippen LogP) is 3.76. The van der Waals surface area contributed by atoms with Crippen LogP contribution in [0.1, 0.15) is 32.1 Å². The van der Waals surface area contributed by atoms with Crippen molar-refractivity contribution in [1.29, 1.82) is 0 Å². The molecule has 4 rings (SSSR count). The maximum absolute atomic E-state index is 14.3. The van der Waals surface area contributed by atoms with Gasteiger partial charge in [-0.2, -0.15) is 14.6 Å². The summed E-state index contributed by atoms with van der Waals surface area (Å²) < 4.78 is 30.2. The van der Waals surface area contributed by atoms with Crippen molar-refractivity contribution >= 4 is 23.2 Å². The molecule has 0 aliphatic heterocycles. The zero-order chi connectivity index (χ0) is 22.0. The number of hydrogen-bond donors (Lipinski definition) is 2. The minimum atomic E-state index is -0.739. The number of benzene rings is 1. The van der Waals surface area contributed by atoms with Gasteiger partial charge in [0.1, 0.15) is 16.7 Å². The van der Waals surface area contributed by atoms with Crippen molar-refractivity contribution in [2.24, 2.45) is 0 Å². The third kappa shape index (κ3) is 4.63. The number of nitrogens with one attached hydrogen (secondary N) is 1. The average Bonchev–Trinajstić information content (AvgIpc) is 3.13. The van der Waals surface area contributed by atoms with Gasteiger partial charge < -0.3 is 15.3 Å². The molecular weight excluding hydrogens is 426 g/mol. The number of rotatable bonds is 7. The van der Waals surface area contributed by atoms with Crippen molar-refractivity contribution in [2.45, 2.75) is 44.2 Å². The highest BCUT2D eigenvalue weighted by Crippen LogP contribution is 2.29. The molecule has 1 aliphatic carbocycles. The SMILES string of the molecule is CN(CCCO)C1CCC(Nc2nc(-c3c(F)cccc3F)nc3c(Cl)cnn23)CC1. The molecule has 31 heavy (non-hydrogen) atoms. The summed E-state index contributed by atoms with van der Waals surface area (Å²) in [7, 11) is 2.09. The maximum Gasteiger partial charge on any atom is 0.228 e. The highest BCUT2D eigenvalue weighted by atomic mass is 35.5. The first-order valence-corrected chi connectivity index (χ1v) is 10.8. The topological polar surface area (TPSA) is 78.6 Å². The standard InChI is InChI=1S/C21H25ClF2N6O/c1-29(10-3-11-31)14-8-6-13(7-9-14)26-21-28-19(18-16(23)4-2-5-17(18)24)27-20-15(22)12-25-30(20)21/h2,4-5,12-14,31H,3,6-11H2,1H3,(H,26,27,28). The second-order valence-corrected chi connectivity index (χ2v) is 8.31. The highest BCUT2D eigenvalue weighted by molar-refractivity contribution is 6.33. The number of nitrogens with zero attached hydrogens (tertiary/aromatic N) is 5. The Hall–Kier alpha value is -2.36. The van der Waals surface area contributed by atoms with E-state index in [-0.39, 0.29) is 34.7 Å². The van der Waals surface area contributed by atoms with Gasteiger partial charge in [-0.05, 0) is 51.3 Å². The van der Waals surface area contributed by atoms with Gasteiger partial charge in [0.2, 0.25) is 5.95 Å². The summed E-state index contributed by atoms with van der Waals surface area (Å²) in [6.07, 6.45) is 6.04. The van der Waals surface area contributed by atoms with E-state index in [0.29, 0.717) is 12.0 Å². The Morgan fingerprint density at radius 2 is 1.90 bits per heavy atom. The molecule has 1 fully saturated rings. The molecule has 2 N–H and O–H groups in total. The predicted molar refractivity (Wildman–Crippen MR) is 115 cm³/mol. The van der Waals surface area contributed by atoms with Gasteiger partial charge in [0.25, 0.3) is 0 Å². The van der Waals surface area contributed by atoms with Gasteiger partial charge in [0.05, 0.1) is 11.8 Å². The van der Waals surface area contributed by atoms with Crippen LogP contribution in [0.15, 0.2) is 24.4 Å². The van der Waals surface area contributed by atoms with Crippen LogP contribution in [0.25, 0.3) is 17.0 Å². The molecule has 0 bridgehead atoms. The number of aromatic nitrogens is 4. The summed E-state index contributed by atoms with van der Waals surface area (Å²) in [4.78, 5) is 10.9. The van der Waals surface area contributed by atoms with Crippen molar-refractivity contribution in [1.82, 2.24) is 24.5 Å². The number of hydrogen-bond acceptors (Lipinski definition) is 6. The van der Waals surface area contributed by atoms with E-state index in [0.717, 1.165) is 38.6 Å². The summed E-state index contributed by atoms with van der Waals surface area (Å²) >= 11 is 6.21. The fraction of sp³-hybridized carbons (Fsp3) is 0.476. The van der Waals surface area contributed by atoms with E-state index in [9.17, 15) is 8.78 Å². The summed E-state index contributed by atoms with van der Waals surface area (Å²) in [6.45, 7) is 1.07. The van der Waals surface area contributed by atoms with Crippen LogP contribution in [0.4, 0.5) is 14.7 Å². The van der Waals surface area contributed by atoms with Crippen molar-refractivity contribution in [3.05, 3.63) is 41.1 Å². The Bertz CT molecular complexity index is 1030. The minimum absolute atomic E-state index is 0.0783. The zero-order valence-electron chi connectivity index (χ0n) is 17.2. The lowest BCUT2D eigenvalue weighted by Gasteiger charge is -2.35. The molecule has 0 spiro atoms. The summed E-state index contributed by atoms with van der Waals surface area (Å²) in [5.41, 5.74) is -0.00576. The van der Waals surface area contributed by atoms with Crippen LogP contribution in [-0.4, -0.2) is 61.9 Å². The molecule has 0 unspecified atom stereocenters. The molecular formula is C21H25ClF2N6O. The summed E-state index contributed by atoms with van der Waals surface area (Å²) in [5, 5.41) is 16.9. The van der Waals surface area contributed by atoms with Gasteiger partial charge in [0, 0.05) is 25.2 Å². The number of fused-ring (bicyclic) bond motifs is 1. The fourth-order valence-electron chi connectivity index (χ4n) is 4.11. The number of anilines is 1. The van der Waals surface area contributed by atoms with Gasteiger partial charge in [-0.3, -0.25) is 0 Å². The van der Waals surface area contributed by atoms with E-state index in [1.54, 1.807) is 0 Å². The van der Waals surface area contributed by atoms with E-state index >= 15 is 0 Å². The van der Waals surface area contributed by atoms with Crippen LogP contribution in [-0.2, 0) is 0 Å². The summed E-state index contributed by atoms with van der Waals surface area (Å²) in [6, 6.07) is 4.25. The van der Waals surface area contributed by atoms with Crippen molar-refractivity contribution in [3.8, 4) is 11.4 Å². The lowest BCUT2D eigenvalue weighted by Crippen LogP contribution is -2.39. The highest BCUT2D eigenvalue weighted by Gasteiger charge is 2.26. The lowest BCUT2D eigenvalue weighted by atomic mass is 9.90. The van der Waals surface area contributed by atoms with Crippen molar-refractivity contribution in [2.75, 3.05) is 25.5 Å². The second kappa shape index (κ2) is 9.42. The maximum atomic E-state index is 14.3. The van der Waals surface area contributed by atoms with E-state index in [4.69, 9.17) is 16.7 Å². The van der Waals surface area contributed by atoms with Crippen LogP contribution in [0.5, 0.6) is 0 Å². The number of aliphatic hydroxyl groups excluding tert-OH is 1. The first kappa shape index (κ1) is 21.9. The fourth-order valence-corrected chi connectivity index (χ4v) is 4.28. The normalized spacial score (nSPS) is 19.3. The van der Waals surface area contributed by atoms with Gasteiger partial charge in [-0.25, -0.2) is 13.8 Å². The van der Waals surface area contributed by atoms with E-state index in [1.807, 2.05) is 0 Å². The first-order valence-electron chi connectivity index (χ1n) is 10.4. The van der Waals surface area contributed by atoms with E-state index in [1.165, 1.54) is 28.9 Å². The molecule has 0 saturated heterocycles. The van der Waals surface area contributed by atoms with Gasteiger partial charge in [0.15, 0.2) is 11.5 Å². The largest absolute Gasteiger partial charge is 0.396 e. The third-order valence-corrected chi connectivity index (χ3v) is 6.10. The Labute approximate surface area is 184 Å². The Morgan fingerprint density at radius 3 is 2.58 bits per heavy atom. The first-order chi connectivity index (χ1) is 15.0. The number of aliphatic hydroxyl groups is 1. The minimum Gasteiger partial charge on any atom is -0.396 e. The van der Waals surface area contributed by atoms with E-state index in [2.05, 4.69) is 32.3 Å². The molecule has 0 radical (unpaired) electrons. The summed E-state index contributed by atoms with van der Waals surface area (Å²) in [5.74, 6) is -1.20. The van der Waals surface area contributed by atoms with Gasteiger partial charge in [-0.15, -0.1) is 0 Å². The molecule has 1 aliphatic rings. The van der Waals surface area contributed by atoms with Crippen LogP contribution in [0, 0.1) is 11.6 Å². The molecule has 166 valence electrons. The Kier molecular flexibility index (Phi) is 6.64. The van der Waals surface area contributed by atoms with Crippen molar-refractivity contribution < 1.29 is 13.9 Å². The molecule has 7 nitrogen and oxygen atoms in total. The molecule has 2 heterocycles. The molecule has 10 heteroatoms. The lowest BCUT2D eigenvalue weighted by molar-refractivity contribution is 0.169. The molecule has 0 amide bonds. The quantitative estimate of drug-likeness (QED) is 0.570. The Balaban J connectivity index is 1.57. The van der Waals surface area contributed by atoms with Gasteiger partial charge in [-0.1, -0.05) is 17.7 Å². The van der Waals surface area contributed by atoms with Crippen LogP contribution in [0.2, 0.25) is 5.02 Å². The number of halogens is 3.